The maximum absolute atomic E-state index is 11.9. The van der Waals surface area contributed by atoms with Crippen molar-refractivity contribution in [2.45, 2.75) is 43.9 Å². The molecule has 1 fully saturated rings. The fourth-order valence-corrected chi connectivity index (χ4v) is 3.61. The van der Waals surface area contributed by atoms with Gasteiger partial charge in [0.25, 0.3) is 0 Å². The van der Waals surface area contributed by atoms with Gasteiger partial charge in [0.2, 0.25) is 0 Å². The van der Waals surface area contributed by atoms with Crippen LogP contribution in [0.5, 0.6) is 0 Å². The molecule has 0 saturated heterocycles. The van der Waals surface area contributed by atoms with Gasteiger partial charge in [0, 0.05) is 29.1 Å². The molecule has 100 valence electrons. The minimum Gasteiger partial charge on any atom is -0.395 e. The molecule has 0 heterocycles. The first kappa shape index (κ1) is 14.4. The van der Waals surface area contributed by atoms with Crippen LogP contribution in [0, 0.1) is 0 Å². The molecular formula is C11H22N2O3S. The maximum Gasteiger partial charge on any atom is 0.315 e. The first-order chi connectivity index (χ1) is 8.19. The minimum absolute atomic E-state index is 0.00299. The summed E-state index contributed by atoms with van der Waals surface area (Å²) in [7, 11) is -0.858. The number of aliphatic hydroxyl groups is 1. The van der Waals surface area contributed by atoms with E-state index in [1.165, 1.54) is 0 Å². The van der Waals surface area contributed by atoms with Crippen LogP contribution in [-0.2, 0) is 10.8 Å². The van der Waals surface area contributed by atoms with Crippen molar-refractivity contribution in [2.24, 2.45) is 0 Å². The minimum atomic E-state index is -0.858. The van der Waals surface area contributed by atoms with E-state index < -0.39 is 10.8 Å². The van der Waals surface area contributed by atoms with Crippen molar-refractivity contribution in [2.75, 3.05) is 18.9 Å². The molecule has 1 saturated carbocycles. The Morgan fingerprint density at radius 1 is 1.41 bits per heavy atom. The van der Waals surface area contributed by atoms with Crippen molar-refractivity contribution in [3.63, 3.8) is 0 Å². The Morgan fingerprint density at radius 3 is 2.76 bits per heavy atom. The van der Waals surface area contributed by atoms with Gasteiger partial charge in [-0.25, -0.2) is 4.79 Å². The van der Waals surface area contributed by atoms with Gasteiger partial charge >= 0.3 is 6.03 Å². The van der Waals surface area contributed by atoms with E-state index >= 15 is 0 Å². The Labute approximate surface area is 105 Å². The molecule has 1 aliphatic carbocycles. The number of hydrogen-bond acceptors (Lipinski definition) is 3. The highest BCUT2D eigenvalue weighted by Gasteiger charge is 2.30. The Kier molecular flexibility index (Phi) is 6.50. The normalized spacial score (nSPS) is 26.2. The molecule has 1 rings (SSSR count). The summed E-state index contributed by atoms with van der Waals surface area (Å²) in [5.74, 6) is 0.640. The van der Waals surface area contributed by atoms with Crippen LogP contribution in [0.25, 0.3) is 0 Å². The van der Waals surface area contributed by atoms with E-state index in [9.17, 15) is 9.00 Å². The van der Waals surface area contributed by atoms with Crippen LogP contribution >= 0.6 is 0 Å². The number of urea groups is 1. The van der Waals surface area contributed by atoms with E-state index in [2.05, 4.69) is 10.6 Å². The van der Waals surface area contributed by atoms with Gasteiger partial charge in [0.05, 0.1) is 11.9 Å². The molecule has 0 aliphatic heterocycles. The number of aliphatic hydroxyl groups excluding tert-OH is 1. The number of carbonyl (C=O) groups excluding carboxylic acids is 1. The third kappa shape index (κ3) is 4.63. The van der Waals surface area contributed by atoms with Gasteiger partial charge in [0.15, 0.2) is 0 Å². The van der Waals surface area contributed by atoms with E-state index in [1.54, 1.807) is 0 Å². The molecule has 1 aliphatic rings. The maximum atomic E-state index is 11.9. The summed E-state index contributed by atoms with van der Waals surface area (Å²) >= 11 is 0. The lowest BCUT2D eigenvalue weighted by Crippen LogP contribution is -2.50. The number of nitrogens with one attached hydrogen (secondary N) is 2. The number of rotatable bonds is 5. The highest BCUT2D eigenvalue weighted by atomic mass is 32.2. The van der Waals surface area contributed by atoms with Crippen LogP contribution < -0.4 is 10.6 Å². The Balaban J connectivity index is 2.47. The van der Waals surface area contributed by atoms with Crippen LogP contribution in [0.4, 0.5) is 4.79 Å². The second kappa shape index (κ2) is 7.66. The van der Waals surface area contributed by atoms with Gasteiger partial charge in [-0.05, 0) is 12.8 Å². The Bertz CT molecular complexity index is 273. The van der Waals surface area contributed by atoms with Gasteiger partial charge in [0.1, 0.15) is 0 Å². The first-order valence-electron chi connectivity index (χ1n) is 6.21. The zero-order valence-corrected chi connectivity index (χ0v) is 11.1. The van der Waals surface area contributed by atoms with Crippen LogP contribution in [-0.4, -0.2) is 45.5 Å². The molecule has 5 nitrogen and oxygen atoms in total. The zero-order chi connectivity index (χ0) is 12.7. The van der Waals surface area contributed by atoms with Gasteiger partial charge in [-0.3, -0.25) is 4.21 Å². The molecule has 0 aromatic heterocycles. The smallest absolute Gasteiger partial charge is 0.315 e. The lowest BCUT2D eigenvalue weighted by molar-refractivity contribution is 0.227. The zero-order valence-electron chi connectivity index (χ0n) is 10.3. The number of amides is 2. The van der Waals surface area contributed by atoms with Crippen molar-refractivity contribution in [1.82, 2.24) is 10.6 Å². The van der Waals surface area contributed by atoms with E-state index in [0.717, 1.165) is 25.7 Å². The van der Waals surface area contributed by atoms with Gasteiger partial charge in [-0.15, -0.1) is 0 Å². The quantitative estimate of drug-likeness (QED) is 0.669. The van der Waals surface area contributed by atoms with Gasteiger partial charge in [-0.1, -0.05) is 19.8 Å². The summed E-state index contributed by atoms with van der Waals surface area (Å²) in [4.78, 5) is 11.5. The van der Waals surface area contributed by atoms with E-state index in [0.29, 0.717) is 5.75 Å². The molecule has 0 aromatic rings. The average molecular weight is 262 g/mol. The predicted octanol–water partition coefficient (Wildman–Crippen LogP) is 0.358. The molecule has 3 N–H and O–H groups in total. The van der Waals surface area contributed by atoms with E-state index in [4.69, 9.17) is 5.11 Å². The lowest BCUT2D eigenvalue weighted by Gasteiger charge is -2.31. The van der Waals surface area contributed by atoms with Crippen molar-refractivity contribution in [1.29, 1.82) is 0 Å². The average Bonchev–Trinajstić information content (AvgIpc) is 2.36. The molecule has 2 amide bonds. The number of carbonyl (C=O) groups is 1. The van der Waals surface area contributed by atoms with E-state index in [-0.39, 0.29) is 30.5 Å². The van der Waals surface area contributed by atoms with Crippen molar-refractivity contribution < 1.29 is 14.1 Å². The summed E-state index contributed by atoms with van der Waals surface area (Å²) in [5, 5.41) is 14.1. The van der Waals surface area contributed by atoms with Crippen LogP contribution in [0.1, 0.15) is 32.6 Å². The summed E-state index contributed by atoms with van der Waals surface area (Å²) < 4.78 is 11.9. The summed E-state index contributed by atoms with van der Waals surface area (Å²) in [5.41, 5.74) is 0. The second-order valence-electron chi connectivity index (χ2n) is 4.22. The van der Waals surface area contributed by atoms with Gasteiger partial charge in [-0.2, -0.15) is 0 Å². The highest BCUT2D eigenvalue weighted by molar-refractivity contribution is 7.85. The highest BCUT2D eigenvalue weighted by Crippen LogP contribution is 2.23. The van der Waals surface area contributed by atoms with E-state index in [1.807, 2.05) is 6.92 Å². The first-order valence-corrected chi connectivity index (χ1v) is 7.59. The third-order valence-electron chi connectivity index (χ3n) is 3.04. The molecule has 17 heavy (non-hydrogen) atoms. The van der Waals surface area contributed by atoms with Crippen molar-refractivity contribution in [3.05, 3.63) is 0 Å². The van der Waals surface area contributed by atoms with Crippen molar-refractivity contribution >= 4 is 16.8 Å². The molecule has 0 aromatic carbocycles. The predicted molar refractivity (Wildman–Crippen MR) is 68.3 cm³/mol. The fraction of sp³-hybridized carbons (Fsp3) is 0.909. The number of hydrogen-bond donors (Lipinski definition) is 3. The summed E-state index contributed by atoms with van der Waals surface area (Å²) in [6.07, 6.45) is 3.98. The third-order valence-corrected chi connectivity index (χ3v) is 4.85. The fourth-order valence-electron chi connectivity index (χ4n) is 2.18. The molecule has 0 radical (unpaired) electrons. The molecule has 3 unspecified atom stereocenters. The standard InChI is InChI=1S/C11H22N2O3S/c1-2-17(16)10-6-4-3-5-9(10)13-11(15)12-7-8-14/h9-10,14H,2-8H2,1H3,(H2,12,13,15). The Morgan fingerprint density at radius 2 is 2.12 bits per heavy atom. The summed E-state index contributed by atoms with van der Waals surface area (Å²) in [6, 6.07) is -0.271. The lowest BCUT2D eigenvalue weighted by atomic mass is 9.95. The van der Waals surface area contributed by atoms with Crippen molar-refractivity contribution in [3.8, 4) is 0 Å². The monoisotopic (exact) mass is 262 g/mol. The van der Waals surface area contributed by atoms with Crippen LogP contribution in [0.2, 0.25) is 0 Å². The molecule has 0 spiro atoms. The van der Waals surface area contributed by atoms with Gasteiger partial charge < -0.3 is 15.7 Å². The SMILES string of the molecule is CCS(=O)C1CCCCC1NC(=O)NCCO. The van der Waals surface area contributed by atoms with Crippen LogP contribution in [0.3, 0.4) is 0 Å². The Hall–Kier alpha value is -0.620. The molecule has 3 atom stereocenters. The topological polar surface area (TPSA) is 78.4 Å². The summed E-state index contributed by atoms with van der Waals surface area (Å²) in [6.45, 7) is 2.09. The largest absolute Gasteiger partial charge is 0.395 e. The second-order valence-corrected chi connectivity index (χ2v) is 6.17. The molecular weight excluding hydrogens is 240 g/mol. The van der Waals surface area contributed by atoms with Crippen LogP contribution in [0.15, 0.2) is 0 Å². The molecule has 6 heteroatoms. The molecule has 0 bridgehead atoms.